The van der Waals surface area contributed by atoms with Gasteiger partial charge in [-0.1, -0.05) is 0 Å². The zero-order chi connectivity index (χ0) is 15.2. The number of aliphatic hydroxyl groups excluding tert-OH is 1. The lowest BCUT2D eigenvalue weighted by molar-refractivity contribution is -0.274. The lowest BCUT2D eigenvalue weighted by Gasteiger charge is -2.14. The average molecular weight is 292 g/mol. The van der Waals surface area contributed by atoms with E-state index in [4.69, 9.17) is 5.11 Å². The monoisotopic (exact) mass is 292 g/mol. The van der Waals surface area contributed by atoms with E-state index in [2.05, 4.69) is 15.4 Å². The predicted octanol–water partition coefficient (Wildman–Crippen LogP) is 2.48. The van der Waals surface area contributed by atoms with Gasteiger partial charge in [0.2, 0.25) is 0 Å². The number of amides is 2. The van der Waals surface area contributed by atoms with Crippen molar-refractivity contribution in [2.45, 2.75) is 25.7 Å². The van der Waals surface area contributed by atoms with Crippen LogP contribution in [0.2, 0.25) is 0 Å². The van der Waals surface area contributed by atoms with Crippen LogP contribution >= 0.6 is 0 Å². The smallest absolute Gasteiger partial charge is 0.406 e. The third kappa shape index (κ3) is 6.28. The third-order valence-electron chi connectivity index (χ3n) is 2.29. The van der Waals surface area contributed by atoms with Crippen molar-refractivity contribution in [3.05, 3.63) is 24.3 Å². The molecule has 112 valence electrons. The van der Waals surface area contributed by atoms with E-state index in [0.29, 0.717) is 12.1 Å². The van der Waals surface area contributed by atoms with Gasteiger partial charge >= 0.3 is 12.4 Å². The van der Waals surface area contributed by atoms with E-state index < -0.39 is 12.4 Å². The van der Waals surface area contributed by atoms with Gasteiger partial charge in [0.1, 0.15) is 5.75 Å². The van der Waals surface area contributed by atoms with Crippen molar-refractivity contribution in [1.82, 2.24) is 5.32 Å². The van der Waals surface area contributed by atoms with Crippen LogP contribution in [-0.2, 0) is 0 Å². The lowest BCUT2D eigenvalue weighted by Crippen LogP contribution is -2.36. The van der Waals surface area contributed by atoms with E-state index in [1.54, 1.807) is 6.92 Å². The highest BCUT2D eigenvalue weighted by Gasteiger charge is 2.30. The summed E-state index contributed by atoms with van der Waals surface area (Å²) >= 11 is 0. The number of ether oxygens (including phenoxy) is 1. The van der Waals surface area contributed by atoms with E-state index in [0.717, 1.165) is 12.1 Å². The molecule has 1 atom stereocenters. The van der Waals surface area contributed by atoms with Gasteiger partial charge in [0.25, 0.3) is 0 Å². The zero-order valence-electron chi connectivity index (χ0n) is 10.7. The largest absolute Gasteiger partial charge is 0.573 e. The molecule has 0 radical (unpaired) electrons. The second-order valence-electron chi connectivity index (χ2n) is 4.08. The van der Waals surface area contributed by atoms with Gasteiger partial charge in [-0.05, 0) is 37.6 Å². The zero-order valence-corrected chi connectivity index (χ0v) is 10.7. The van der Waals surface area contributed by atoms with Crippen molar-refractivity contribution >= 4 is 11.7 Å². The molecule has 0 aliphatic carbocycles. The van der Waals surface area contributed by atoms with Crippen LogP contribution in [0.3, 0.4) is 0 Å². The molecule has 1 aromatic carbocycles. The van der Waals surface area contributed by atoms with E-state index in [1.807, 2.05) is 0 Å². The summed E-state index contributed by atoms with van der Waals surface area (Å²) in [6.07, 6.45) is -4.34. The van der Waals surface area contributed by atoms with Gasteiger partial charge in [-0.3, -0.25) is 0 Å². The number of nitrogens with one attached hydrogen (secondary N) is 2. The van der Waals surface area contributed by atoms with Crippen molar-refractivity contribution in [1.29, 1.82) is 0 Å². The maximum Gasteiger partial charge on any atom is 0.573 e. The maximum absolute atomic E-state index is 11.9. The summed E-state index contributed by atoms with van der Waals surface area (Å²) in [7, 11) is 0. The molecule has 20 heavy (non-hydrogen) atoms. The number of benzene rings is 1. The summed E-state index contributed by atoms with van der Waals surface area (Å²) in [5.74, 6) is -0.364. The first-order valence-corrected chi connectivity index (χ1v) is 5.84. The first-order valence-electron chi connectivity index (χ1n) is 5.84. The normalized spacial score (nSPS) is 12.7. The Balaban J connectivity index is 2.51. The Hall–Kier alpha value is -1.96. The molecule has 3 N–H and O–H groups in total. The minimum absolute atomic E-state index is 0.0507. The summed E-state index contributed by atoms with van der Waals surface area (Å²) < 4.78 is 39.5. The fourth-order valence-corrected chi connectivity index (χ4v) is 1.40. The summed E-state index contributed by atoms with van der Waals surface area (Å²) in [5.41, 5.74) is 0.327. The van der Waals surface area contributed by atoms with Crippen molar-refractivity contribution < 1.29 is 27.8 Å². The Morgan fingerprint density at radius 1 is 1.35 bits per heavy atom. The molecule has 0 saturated heterocycles. The Bertz CT molecular complexity index is 435. The number of rotatable bonds is 5. The number of aliphatic hydroxyl groups is 1. The number of hydrogen-bond acceptors (Lipinski definition) is 3. The van der Waals surface area contributed by atoms with Gasteiger partial charge < -0.3 is 20.5 Å². The number of carbonyl (C=O) groups excluding carboxylic acids is 1. The van der Waals surface area contributed by atoms with Crippen LogP contribution in [0.25, 0.3) is 0 Å². The Kier molecular flexibility index (Phi) is 5.63. The van der Waals surface area contributed by atoms with Gasteiger partial charge in [-0.25, -0.2) is 4.79 Å². The molecule has 0 fully saturated rings. The Labute approximate surface area is 113 Å². The first-order chi connectivity index (χ1) is 9.30. The molecule has 1 aromatic rings. The van der Waals surface area contributed by atoms with Crippen LogP contribution < -0.4 is 15.4 Å². The van der Waals surface area contributed by atoms with Crippen molar-refractivity contribution in [2.24, 2.45) is 0 Å². The van der Waals surface area contributed by atoms with E-state index in [1.165, 1.54) is 12.1 Å². The summed E-state index contributed by atoms with van der Waals surface area (Å²) in [6, 6.07) is 4.05. The fraction of sp³-hybridized carbons (Fsp3) is 0.417. The molecule has 2 amide bonds. The van der Waals surface area contributed by atoms with Crippen molar-refractivity contribution in [3.8, 4) is 5.75 Å². The SMILES string of the molecule is CC(CCO)NC(=O)Nc1ccc(OC(F)(F)F)cc1. The Morgan fingerprint density at radius 2 is 1.95 bits per heavy atom. The highest BCUT2D eigenvalue weighted by molar-refractivity contribution is 5.89. The average Bonchev–Trinajstić information content (AvgIpc) is 2.30. The summed E-state index contributed by atoms with van der Waals surface area (Å²) in [4.78, 5) is 11.5. The van der Waals surface area contributed by atoms with Crippen LogP contribution in [-0.4, -0.2) is 30.1 Å². The van der Waals surface area contributed by atoms with Crippen molar-refractivity contribution in [2.75, 3.05) is 11.9 Å². The quantitative estimate of drug-likeness (QED) is 0.781. The molecule has 0 aliphatic heterocycles. The topological polar surface area (TPSA) is 70.6 Å². The second-order valence-corrected chi connectivity index (χ2v) is 4.08. The maximum atomic E-state index is 11.9. The molecule has 1 unspecified atom stereocenters. The highest BCUT2D eigenvalue weighted by atomic mass is 19.4. The van der Waals surface area contributed by atoms with Gasteiger partial charge in [-0.2, -0.15) is 0 Å². The van der Waals surface area contributed by atoms with E-state index >= 15 is 0 Å². The van der Waals surface area contributed by atoms with Gasteiger partial charge in [0.05, 0.1) is 0 Å². The predicted molar refractivity (Wildman–Crippen MR) is 66.4 cm³/mol. The van der Waals surface area contributed by atoms with Gasteiger partial charge in [0, 0.05) is 18.3 Å². The lowest BCUT2D eigenvalue weighted by atomic mass is 10.2. The highest BCUT2D eigenvalue weighted by Crippen LogP contribution is 2.23. The molecule has 8 heteroatoms. The van der Waals surface area contributed by atoms with Crippen LogP contribution in [0.4, 0.5) is 23.7 Å². The second kappa shape index (κ2) is 6.99. The van der Waals surface area contributed by atoms with Crippen LogP contribution in [0.15, 0.2) is 24.3 Å². The Morgan fingerprint density at radius 3 is 2.45 bits per heavy atom. The molecular formula is C12H15F3N2O3. The minimum Gasteiger partial charge on any atom is -0.406 e. The molecule has 0 bridgehead atoms. The van der Waals surface area contributed by atoms with Crippen molar-refractivity contribution in [3.63, 3.8) is 0 Å². The molecule has 0 spiro atoms. The summed E-state index contributed by atoms with van der Waals surface area (Å²) in [6.45, 7) is 1.67. The molecule has 0 heterocycles. The van der Waals surface area contributed by atoms with Crippen LogP contribution in [0.5, 0.6) is 5.75 Å². The molecule has 5 nitrogen and oxygen atoms in total. The van der Waals surface area contributed by atoms with E-state index in [9.17, 15) is 18.0 Å². The number of alkyl halides is 3. The number of urea groups is 1. The number of hydrogen-bond donors (Lipinski definition) is 3. The molecular weight excluding hydrogens is 277 g/mol. The van der Waals surface area contributed by atoms with Crippen LogP contribution in [0, 0.1) is 0 Å². The third-order valence-corrected chi connectivity index (χ3v) is 2.29. The first kappa shape index (κ1) is 16.1. The van der Waals surface area contributed by atoms with E-state index in [-0.39, 0.29) is 18.4 Å². The molecule has 0 saturated carbocycles. The fourth-order valence-electron chi connectivity index (χ4n) is 1.40. The standard InChI is InChI=1S/C12H15F3N2O3/c1-8(6-7-18)16-11(19)17-9-2-4-10(5-3-9)20-12(13,14)15/h2-5,8,18H,6-7H2,1H3,(H2,16,17,19). The number of halogens is 3. The van der Waals surface area contributed by atoms with Crippen LogP contribution in [0.1, 0.15) is 13.3 Å². The number of anilines is 1. The van der Waals surface area contributed by atoms with Gasteiger partial charge in [-0.15, -0.1) is 13.2 Å². The molecule has 0 aromatic heterocycles. The molecule has 1 rings (SSSR count). The number of carbonyl (C=O) groups is 1. The minimum atomic E-state index is -4.74. The van der Waals surface area contributed by atoms with Gasteiger partial charge in [0.15, 0.2) is 0 Å². The summed E-state index contributed by atoms with van der Waals surface area (Å²) in [5, 5.41) is 13.7. The molecule has 0 aliphatic rings.